The van der Waals surface area contributed by atoms with Crippen LogP contribution >= 0.6 is 0 Å². The summed E-state index contributed by atoms with van der Waals surface area (Å²) in [7, 11) is 0. The van der Waals surface area contributed by atoms with Crippen molar-refractivity contribution < 1.29 is 14.7 Å². The topological polar surface area (TPSA) is 69.6 Å². The first kappa shape index (κ1) is 15.3. The third kappa shape index (κ3) is 3.32. The van der Waals surface area contributed by atoms with Crippen LogP contribution in [0.2, 0.25) is 0 Å². The largest absolute Gasteiger partial charge is 0.393 e. The van der Waals surface area contributed by atoms with Gasteiger partial charge in [-0.1, -0.05) is 20.3 Å². The zero-order valence-electron chi connectivity index (χ0n) is 12.5. The Morgan fingerprint density at radius 2 is 2.15 bits per heavy atom. The minimum absolute atomic E-state index is 0.0747. The number of rotatable bonds is 5. The highest BCUT2D eigenvalue weighted by Crippen LogP contribution is 2.25. The van der Waals surface area contributed by atoms with Crippen LogP contribution in [0.15, 0.2) is 0 Å². The van der Waals surface area contributed by atoms with Crippen molar-refractivity contribution in [2.45, 2.75) is 58.1 Å². The van der Waals surface area contributed by atoms with Crippen molar-refractivity contribution in [3.63, 3.8) is 0 Å². The second-order valence-corrected chi connectivity index (χ2v) is 6.38. The van der Waals surface area contributed by atoms with E-state index in [0.29, 0.717) is 19.5 Å². The Kier molecular flexibility index (Phi) is 5.02. The summed E-state index contributed by atoms with van der Waals surface area (Å²) in [6, 6.07) is -0.372. The molecule has 1 saturated carbocycles. The van der Waals surface area contributed by atoms with Gasteiger partial charge in [-0.15, -0.1) is 0 Å². The number of amides is 2. The highest BCUT2D eigenvalue weighted by atomic mass is 16.3. The van der Waals surface area contributed by atoms with E-state index in [1.807, 2.05) is 13.8 Å². The number of carbonyl (C=O) groups is 2. The summed E-state index contributed by atoms with van der Waals surface area (Å²) in [5.74, 6) is 0.278. The molecule has 2 rings (SSSR count). The summed E-state index contributed by atoms with van der Waals surface area (Å²) in [5.41, 5.74) is 0. The van der Waals surface area contributed by atoms with Crippen molar-refractivity contribution in [1.29, 1.82) is 0 Å². The normalized spacial score (nSPS) is 28.2. The van der Waals surface area contributed by atoms with Gasteiger partial charge in [0, 0.05) is 25.4 Å². The average molecular weight is 282 g/mol. The zero-order valence-corrected chi connectivity index (χ0v) is 12.5. The lowest BCUT2D eigenvalue weighted by Gasteiger charge is -2.30. The highest BCUT2D eigenvalue weighted by Gasteiger charge is 2.35. The third-order valence-electron chi connectivity index (χ3n) is 4.50. The molecule has 2 aliphatic rings. The molecule has 1 saturated heterocycles. The Morgan fingerprint density at radius 1 is 1.40 bits per heavy atom. The van der Waals surface area contributed by atoms with Gasteiger partial charge < -0.3 is 15.3 Å². The number of nitrogens with one attached hydrogen (secondary N) is 1. The molecule has 0 radical (unpaired) electrons. The van der Waals surface area contributed by atoms with Gasteiger partial charge in [0.1, 0.15) is 6.04 Å². The number of hydrogen-bond donors (Lipinski definition) is 2. The van der Waals surface area contributed by atoms with Crippen molar-refractivity contribution in [2.24, 2.45) is 11.8 Å². The maximum absolute atomic E-state index is 12.4. The van der Waals surface area contributed by atoms with Crippen LogP contribution in [0.5, 0.6) is 0 Å². The first-order chi connectivity index (χ1) is 9.50. The Morgan fingerprint density at radius 3 is 2.65 bits per heavy atom. The quantitative estimate of drug-likeness (QED) is 0.787. The molecular weight excluding hydrogens is 256 g/mol. The van der Waals surface area contributed by atoms with Crippen molar-refractivity contribution in [2.75, 3.05) is 13.1 Å². The van der Waals surface area contributed by atoms with Crippen molar-refractivity contribution in [3.8, 4) is 0 Å². The van der Waals surface area contributed by atoms with Gasteiger partial charge in [0.2, 0.25) is 11.8 Å². The van der Waals surface area contributed by atoms with Crippen LogP contribution in [0.25, 0.3) is 0 Å². The van der Waals surface area contributed by atoms with E-state index in [1.54, 1.807) is 4.90 Å². The number of hydrogen-bond acceptors (Lipinski definition) is 3. The minimum atomic E-state index is -0.372. The van der Waals surface area contributed by atoms with Gasteiger partial charge in [-0.25, -0.2) is 0 Å². The lowest BCUT2D eigenvalue weighted by Crippen LogP contribution is -2.51. The SMILES string of the molecule is CC(C)C(C(=O)NCC1CCCC1O)N1CCCC1=O. The fourth-order valence-electron chi connectivity index (χ4n) is 3.36. The third-order valence-corrected chi connectivity index (χ3v) is 4.50. The molecule has 0 aromatic carbocycles. The van der Waals surface area contributed by atoms with Crippen molar-refractivity contribution in [1.82, 2.24) is 10.2 Å². The number of aliphatic hydroxyl groups excluding tert-OH is 1. The van der Waals surface area contributed by atoms with Gasteiger partial charge in [0.15, 0.2) is 0 Å². The Hall–Kier alpha value is -1.10. The standard InChI is InChI=1S/C15H26N2O3/c1-10(2)14(17-8-4-7-13(17)19)15(20)16-9-11-5-3-6-12(11)18/h10-12,14,18H,3-9H2,1-2H3,(H,16,20). The predicted molar refractivity (Wildman–Crippen MR) is 75.9 cm³/mol. The lowest BCUT2D eigenvalue weighted by molar-refractivity contribution is -0.139. The summed E-state index contributed by atoms with van der Waals surface area (Å²) in [4.78, 5) is 26.0. The first-order valence-electron chi connectivity index (χ1n) is 7.76. The zero-order chi connectivity index (χ0) is 14.7. The molecule has 1 aliphatic carbocycles. The molecule has 20 heavy (non-hydrogen) atoms. The molecule has 3 atom stereocenters. The molecule has 0 bridgehead atoms. The van der Waals surface area contributed by atoms with Crippen LogP contribution < -0.4 is 5.32 Å². The van der Waals surface area contributed by atoms with Crippen LogP contribution in [-0.2, 0) is 9.59 Å². The van der Waals surface area contributed by atoms with Crippen LogP contribution in [0.4, 0.5) is 0 Å². The van der Waals surface area contributed by atoms with Crippen molar-refractivity contribution >= 4 is 11.8 Å². The van der Waals surface area contributed by atoms with Gasteiger partial charge in [-0.2, -0.15) is 0 Å². The van der Waals surface area contributed by atoms with Gasteiger partial charge >= 0.3 is 0 Å². The summed E-state index contributed by atoms with van der Waals surface area (Å²) < 4.78 is 0. The van der Waals surface area contributed by atoms with E-state index in [4.69, 9.17) is 0 Å². The molecule has 3 unspecified atom stereocenters. The monoisotopic (exact) mass is 282 g/mol. The Balaban J connectivity index is 1.91. The predicted octanol–water partition coefficient (Wildman–Crippen LogP) is 0.911. The summed E-state index contributed by atoms with van der Waals surface area (Å²) >= 11 is 0. The van der Waals surface area contributed by atoms with E-state index in [0.717, 1.165) is 25.7 Å². The molecule has 114 valence electrons. The first-order valence-corrected chi connectivity index (χ1v) is 7.76. The van der Waals surface area contributed by atoms with E-state index in [1.165, 1.54) is 0 Å². The van der Waals surface area contributed by atoms with Gasteiger partial charge in [0.05, 0.1) is 6.10 Å². The highest BCUT2D eigenvalue weighted by molar-refractivity contribution is 5.88. The molecule has 0 spiro atoms. The van der Waals surface area contributed by atoms with Gasteiger partial charge in [-0.3, -0.25) is 9.59 Å². The molecule has 0 aromatic heterocycles. The van der Waals surface area contributed by atoms with E-state index >= 15 is 0 Å². The minimum Gasteiger partial charge on any atom is -0.393 e. The molecule has 5 nitrogen and oxygen atoms in total. The van der Waals surface area contributed by atoms with Crippen LogP contribution in [0.1, 0.15) is 46.0 Å². The van der Waals surface area contributed by atoms with Crippen LogP contribution in [0.3, 0.4) is 0 Å². The second kappa shape index (κ2) is 6.57. The Bertz CT molecular complexity index is 370. The summed E-state index contributed by atoms with van der Waals surface area (Å²) in [6.07, 6.45) is 3.94. The molecule has 1 aliphatic heterocycles. The van der Waals surface area contributed by atoms with Crippen LogP contribution in [-0.4, -0.2) is 47.1 Å². The molecule has 5 heteroatoms. The maximum Gasteiger partial charge on any atom is 0.243 e. The molecule has 2 N–H and O–H groups in total. The Labute approximate surface area is 120 Å². The van der Waals surface area contributed by atoms with E-state index in [2.05, 4.69) is 5.32 Å². The van der Waals surface area contributed by atoms with E-state index in [-0.39, 0.29) is 35.8 Å². The lowest BCUT2D eigenvalue weighted by atomic mass is 10.0. The molecule has 2 amide bonds. The van der Waals surface area contributed by atoms with Crippen molar-refractivity contribution in [3.05, 3.63) is 0 Å². The van der Waals surface area contributed by atoms with E-state index in [9.17, 15) is 14.7 Å². The van der Waals surface area contributed by atoms with Gasteiger partial charge in [-0.05, 0) is 25.2 Å². The van der Waals surface area contributed by atoms with Gasteiger partial charge in [0.25, 0.3) is 0 Å². The average Bonchev–Trinajstić information content (AvgIpc) is 2.97. The second-order valence-electron chi connectivity index (χ2n) is 6.38. The fraction of sp³-hybridized carbons (Fsp3) is 0.867. The number of nitrogens with zero attached hydrogens (tertiary/aromatic N) is 1. The number of aliphatic hydroxyl groups is 1. The van der Waals surface area contributed by atoms with E-state index < -0.39 is 0 Å². The molecule has 1 heterocycles. The number of likely N-dealkylation sites (tertiary alicyclic amines) is 1. The summed E-state index contributed by atoms with van der Waals surface area (Å²) in [5, 5.41) is 12.7. The molecule has 0 aromatic rings. The van der Waals surface area contributed by atoms with Crippen LogP contribution in [0, 0.1) is 11.8 Å². The smallest absolute Gasteiger partial charge is 0.243 e. The maximum atomic E-state index is 12.4. The molecule has 2 fully saturated rings. The summed E-state index contributed by atoms with van der Waals surface area (Å²) in [6.45, 7) is 5.15. The molecular formula is C15H26N2O3. The number of carbonyl (C=O) groups excluding carboxylic acids is 2. The fourth-order valence-corrected chi connectivity index (χ4v) is 3.36.